The Morgan fingerprint density at radius 3 is 3.08 bits per heavy atom. The first-order chi connectivity index (χ1) is 12.1. The van der Waals surface area contributed by atoms with Gasteiger partial charge in [-0.3, -0.25) is 9.89 Å². The molecule has 0 saturated carbocycles. The molecule has 134 valence electrons. The van der Waals surface area contributed by atoms with Gasteiger partial charge < -0.3 is 14.5 Å². The number of carbonyl (C=O) groups is 1. The first kappa shape index (κ1) is 17.3. The van der Waals surface area contributed by atoms with Crippen molar-refractivity contribution >= 4 is 11.9 Å². The minimum atomic E-state index is -0.249. The summed E-state index contributed by atoms with van der Waals surface area (Å²) in [5.74, 6) is 0.622. The van der Waals surface area contributed by atoms with Crippen molar-refractivity contribution in [2.24, 2.45) is 0 Å². The van der Waals surface area contributed by atoms with Gasteiger partial charge in [0, 0.05) is 32.5 Å². The van der Waals surface area contributed by atoms with Crippen LogP contribution in [0.2, 0.25) is 0 Å². The average molecular weight is 344 g/mol. The zero-order valence-electron chi connectivity index (χ0n) is 14.9. The molecule has 0 bridgehead atoms. The van der Waals surface area contributed by atoms with Crippen LogP contribution in [0.25, 0.3) is 0 Å². The average Bonchev–Trinajstić information content (AvgIpc) is 3.10. The molecule has 3 rings (SSSR count). The third-order valence-electron chi connectivity index (χ3n) is 4.20. The minimum absolute atomic E-state index is 0.00705. The molecule has 2 aromatic heterocycles. The highest BCUT2D eigenvalue weighted by atomic mass is 16.5. The molecule has 1 amide bonds. The number of aryl methyl sites for hydroxylation is 1. The quantitative estimate of drug-likeness (QED) is 0.883. The fourth-order valence-corrected chi connectivity index (χ4v) is 2.88. The summed E-state index contributed by atoms with van der Waals surface area (Å²) in [5, 5.41) is 6.97. The lowest BCUT2D eigenvalue weighted by Crippen LogP contribution is -2.42. The lowest BCUT2D eigenvalue weighted by molar-refractivity contribution is -0.0247. The minimum Gasteiger partial charge on any atom is -0.368 e. The molecule has 3 heterocycles. The number of amides is 1. The maximum atomic E-state index is 12.9. The lowest BCUT2D eigenvalue weighted by Gasteiger charge is -2.32. The molecule has 0 aliphatic carbocycles. The van der Waals surface area contributed by atoms with Gasteiger partial charge >= 0.3 is 0 Å². The van der Waals surface area contributed by atoms with Gasteiger partial charge in [-0.1, -0.05) is 13.3 Å². The summed E-state index contributed by atoms with van der Waals surface area (Å²) in [4.78, 5) is 25.3. The van der Waals surface area contributed by atoms with Gasteiger partial charge in [0.25, 0.3) is 5.91 Å². The van der Waals surface area contributed by atoms with E-state index in [-0.39, 0.29) is 12.0 Å². The third-order valence-corrected chi connectivity index (χ3v) is 4.20. The van der Waals surface area contributed by atoms with Crippen molar-refractivity contribution in [1.82, 2.24) is 25.1 Å². The van der Waals surface area contributed by atoms with Gasteiger partial charge in [-0.2, -0.15) is 5.10 Å². The number of H-pyrrole nitrogens is 1. The summed E-state index contributed by atoms with van der Waals surface area (Å²) >= 11 is 0. The third kappa shape index (κ3) is 3.79. The molecule has 0 aromatic carbocycles. The van der Waals surface area contributed by atoms with Gasteiger partial charge in [0.2, 0.25) is 5.95 Å². The molecule has 8 heteroatoms. The number of nitrogens with one attached hydrogen (secondary N) is 1. The fourth-order valence-electron chi connectivity index (χ4n) is 2.88. The Balaban J connectivity index is 1.75. The van der Waals surface area contributed by atoms with Crippen LogP contribution in [-0.4, -0.2) is 64.8 Å². The normalized spacial score (nSPS) is 17.6. The number of ether oxygens (including phenoxy) is 1. The lowest BCUT2D eigenvalue weighted by atomic mass is 10.1. The van der Waals surface area contributed by atoms with Gasteiger partial charge in [-0.05, 0) is 12.5 Å². The topological polar surface area (TPSA) is 87.2 Å². The van der Waals surface area contributed by atoms with Gasteiger partial charge in [-0.15, -0.1) is 0 Å². The molecule has 0 spiro atoms. The van der Waals surface area contributed by atoms with Crippen molar-refractivity contribution in [3.63, 3.8) is 0 Å². The van der Waals surface area contributed by atoms with Crippen LogP contribution >= 0.6 is 0 Å². The van der Waals surface area contributed by atoms with Gasteiger partial charge in [0.1, 0.15) is 6.10 Å². The maximum absolute atomic E-state index is 12.9. The van der Waals surface area contributed by atoms with Crippen LogP contribution < -0.4 is 4.90 Å². The Labute approximate surface area is 147 Å². The van der Waals surface area contributed by atoms with E-state index in [0.717, 1.165) is 24.2 Å². The number of nitrogens with zero attached hydrogens (tertiary/aromatic N) is 5. The number of morpholine rings is 1. The fraction of sp³-hybridized carbons (Fsp3) is 0.529. The van der Waals surface area contributed by atoms with Gasteiger partial charge in [-0.25, -0.2) is 9.97 Å². The van der Waals surface area contributed by atoms with E-state index in [2.05, 4.69) is 27.1 Å². The van der Waals surface area contributed by atoms with Crippen molar-refractivity contribution in [1.29, 1.82) is 0 Å². The summed E-state index contributed by atoms with van der Waals surface area (Å²) in [6, 6.07) is 1.84. The maximum Gasteiger partial charge on any atom is 0.257 e. The van der Waals surface area contributed by atoms with Crippen molar-refractivity contribution in [3.8, 4) is 0 Å². The second kappa shape index (κ2) is 7.60. The zero-order chi connectivity index (χ0) is 17.8. The van der Waals surface area contributed by atoms with Crippen LogP contribution in [0.1, 0.15) is 41.2 Å². The van der Waals surface area contributed by atoms with E-state index in [0.29, 0.717) is 31.2 Å². The van der Waals surface area contributed by atoms with Crippen LogP contribution in [-0.2, 0) is 11.2 Å². The zero-order valence-corrected chi connectivity index (χ0v) is 14.9. The van der Waals surface area contributed by atoms with E-state index in [9.17, 15) is 4.79 Å². The molecule has 1 fully saturated rings. The predicted molar refractivity (Wildman–Crippen MR) is 93.5 cm³/mol. The Morgan fingerprint density at radius 2 is 2.32 bits per heavy atom. The highest BCUT2D eigenvalue weighted by Gasteiger charge is 2.29. The highest BCUT2D eigenvalue weighted by molar-refractivity contribution is 5.95. The van der Waals surface area contributed by atoms with Gasteiger partial charge in [0.15, 0.2) is 0 Å². The molecule has 1 N–H and O–H groups in total. The summed E-state index contributed by atoms with van der Waals surface area (Å²) in [6.07, 6.45) is 4.86. The molecule has 8 nitrogen and oxygen atoms in total. The molecule has 1 unspecified atom stereocenters. The van der Waals surface area contributed by atoms with Crippen LogP contribution in [0.4, 0.5) is 5.95 Å². The number of rotatable bonds is 5. The Morgan fingerprint density at radius 1 is 1.48 bits per heavy atom. The molecule has 1 atom stereocenters. The standard InChI is InChI=1S/C17H24N6O2/c1-4-5-13-12(10-19-21-13)16(24)23-8-9-25-15(11-23)14-6-7-18-17(20-14)22(2)3/h6-7,10,15H,4-5,8-9,11H2,1-3H3,(H,19,21). The van der Waals surface area contributed by atoms with E-state index >= 15 is 0 Å². The summed E-state index contributed by atoms with van der Waals surface area (Å²) in [7, 11) is 3.79. The smallest absolute Gasteiger partial charge is 0.257 e. The van der Waals surface area contributed by atoms with Crippen LogP contribution in [0.15, 0.2) is 18.5 Å². The first-order valence-electron chi connectivity index (χ1n) is 8.53. The van der Waals surface area contributed by atoms with E-state index < -0.39 is 0 Å². The summed E-state index contributed by atoms with van der Waals surface area (Å²) in [6.45, 7) is 3.60. The van der Waals surface area contributed by atoms with Crippen LogP contribution in [0.3, 0.4) is 0 Å². The molecule has 0 radical (unpaired) electrons. The van der Waals surface area contributed by atoms with Crippen molar-refractivity contribution in [2.75, 3.05) is 38.7 Å². The predicted octanol–water partition coefficient (Wildman–Crippen LogP) is 1.43. The van der Waals surface area contributed by atoms with Crippen molar-refractivity contribution in [3.05, 3.63) is 35.4 Å². The second-order valence-electron chi connectivity index (χ2n) is 6.30. The Kier molecular flexibility index (Phi) is 5.28. The SMILES string of the molecule is CCCc1[nH]ncc1C(=O)N1CCOC(c2ccnc(N(C)C)n2)C1. The van der Waals surface area contributed by atoms with Crippen LogP contribution in [0.5, 0.6) is 0 Å². The molecular formula is C17H24N6O2. The van der Waals surface area contributed by atoms with E-state index in [1.807, 2.05) is 30.0 Å². The Bertz CT molecular complexity index is 729. The van der Waals surface area contributed by atoms with Crippen molar-refractivity contribution in [2.45, 2.75) is 25.9 Å². The monoisotopic (exact) mass is 344 g/mol. The largest absolute Gasteiger partial charge is 0.368 e. The Hall–Kier alpha value is -2.48. The number of aromatic amines is 1. The highest BCUT2D eigenvalue weighted by Crippen LogP contribution is 2.23. The molecule has 25 heavy (non-hydrogen) atoms. The summed E-state index contributed by atoms with van der Waals surface area (Å²) < 4.78 is 5.85. The van der Waals surface area contributed by atoms with E-state index in [1.165, 1.54) is 0 Å². The molecule has 1 saturated heterocycles. The van der Waals surface area contributed by atoms with Crippen LogP contribution in [0, 0.1) is 0 Å². The number of hydrogen-bond donors (Lipinski definition) is 1. The molecule has 1 aliphatic rings. The number of hydrogen-bond acceptors (Lipinski definition) is 6. The molecule has 2 aromatic rings. The van der Waals surface area contributed by atoms with E-state index in [4.69, 9.17) is 4.74 Å². The van der Waals surface area contributed by atoms with Crippen molar-refractivity contribution < 1.29 is 9.53 Å². The number of carbonyl (C=O) groups excluding carboxylic acids is 1. The first-order valence-corrected chi connectivity index (χ1v) is 8.53. The molecular weight excluding hydrogens is 320 g/mol. The molecule has 1 aliphatic heterocycles. The second-order valence-corrected chi connectivity index (χ2v) is 6.30. The number of aromatic nitrogens is 4. The summed E-state index contributed by atoms with van der Waals surface area (Å²) in [5.41, 5.74) is 2.34. The number of anilines is 1. The van der Waals surface area contributed by atoms with E-state index in [1.54, 1.807) is 12.4 Å². The van der Waals surface area contributed by atoms with Gasteiger partial charge in [0.05, 0.1) is 30.6 Å².